The maximum absolute atomic E-state index is 12.7. The number of hydrogen-bond donors (Lipinski definition) is 0. The predicted molar refractivity (Wildman–Crippen MR) is 124 cm³/mol. The Kier molecular flexibility index (Phi) is 10.8. The second kappa shape index (κ2) is 13.6. The Balaban J connectivity index is 1.95. The molecule has 34 heavy (non-hydrogen) atoms. The van der Waals surface area contributed by atoms with E-state index in [4.69, 9.17) is 19.5 Å². The number of carbonyl (C=O) groups is 1. The molecule has 0 fully saturated rings. The molecule has 1 unspecified atom stereocenters. The van der Waals surface area contributed by atoms with Crippen molar-refractivity contribution < 1.29 is 32.2 Å². The van der Waals surface area contributed by atoms with Crippen LogP contribution in [-0.2, 0) is 15.7 Å². The zero-order valence-electron chi connectivity index (χ0n) is 18.9. The highest BCUT2D eigenvalue weighted by Crippen LogP contribution is 2.31. The van der Waals surface area contributed by atoms with E-state index in [-0.39, 0.29) is 19.1 Å². The van der Waals surface area contributed by atoms with Crippen LogP contribution in [0.25, 0.3) is 0 Å². The van der Waals surface area contributed by atoms with E-state index < -0.39 is 17.7 Å². The Hall–Kier alpha value is -3.12. The molecule has 5 nitrogen and oxygen atoms in total. The van der Waals surface area contributed by atoms with E-state index in [1.807, 2.05) is 25.1 Å². The number of aryl methyl sites for hydroxylation is 1. The first-order valence-corrected chi connectivity index (χ1v) is 11.6. The molecule has 2 aromatic carbocycles. The van der Waals surface area contributed by atoms with Crippen molar-refractivity contribution in [1.82, 2.24) is 0 Å². The van der Waals surface area contributed by atoms with E-state index in [1.165, 1.54) is 18.2 Å². The van der Waals surface area contributed by atoms with Gasteiger partial charge < -0.3 is 14.2 Å². The molecule has 0 heterocycles. The largest absolute Gasteiger partial charge is 0.493 e. The summed E-state index contributed by atoms with van der Waals surface area (Å²) in [6, 6.07) is 12.2. The van der Waals surface area contributed by atoms with Crippen LogP contribution in [0.3, 0.4) is 0 Å². The smallest absolute Gasteiger partial charge is 0.416 e. The monoisotopic (exact) mass is 493 g/mol. The number of hydrogen-bond acceptors (Lipinski definition) is 6. The van der Waals surface area contributed by atoms with Gasteiger partial charge in [0.25, 0.3) is 0 Å². The number of ether oxygens (including phenoxy) is 3. The molecule has 0 spiro atoms. The first kappa shape index (κ1) is 27.1. The van der Waals surface area contributed by atoms with Gasteiger partial charge in [0.15, 0.2) is 6.61 Å². The second-order valence-corrected chi connectivity index (χ2v) is 8.39. The van der Waals surface area contributed by atoms with Gasteiger partial charge in [0.1, 0.15) is 11.5 Å². The van der Waals surface area contributed by atoms with Gasteiger partial charge in [-0.3, -0.25) is 0 Å². The van der Waals surface area contributed by atoms with Gasteiger partial charge in [-0.05, 0) is 68.3 Å². The summed E-state index contributed by atoms with van der Waals surface area (Å²) in [6.07, 6.45) is -0.660. The quantitative estimate of drug-likeness (QED) is 0.199. The lowest BCUT2D eigenvalue weighted by atomic mass is 10.1. The number of halogens is 3. The molecule has 0 aliphatic carbocycles. The third kappa shape index (κ3) is 9.40. The highest BCUT2D eigenvalue weighted by molar-refractivity contribution is 7.99. The zero-order valence-corrected chi connectivity index (χ0v) is 19.7. The maximum atomic E-state index is 12.7. The number of rotatable bonds is 12. The Labute approximate surface area is 201 Å². The molecule has 9 heteroatoms. The molecule has 1 atom stereocenters. The summed E-state index contributed by atoms with van der Waals surface area (Å²) < 4.78 is 54.2. The lowest BCUT2D eigenvalue weighted by Gasteiger charge is -2.17. The van der Waals surface area contributed by atoms with Gasteiger partial charge in [-0.1, -0.05) is 6.08 Å². The van der Waals surface area contributed by atoms with E-state index in [1.54, 1.807) is 30.8 Å². The minimum absolute atomic E-state index is 0.0249. The first-order valence-electron chi connectivity index (χ1n) is 10.6. The van der Waals surface area contributed by atoms with Crippen molar-refractivity contribution in [3.8, 4) is 17.6 Å². The van der Waals surface area contributed by atoms with Crippen molar-refractivity contribution >= 4 is 17.7 Å². The number of nitriles is 1. The molecular formula is C25H26F3NO4S. The molecule has 0 aliphatic heterocycles. The normalized spacial score (nSPS) is 12.2. The average Bonchev–Trinajstić information content (AvgIpc) is 2.80. The summed E-state index contributed by atoms with van der Waals surface area (Å²) in [5.74, 6) is 1.21. The summed E-state index contributed by atoms with van der Waals surface area (Å²) in [6.45, 7) is 4.03. The van der Waals surface area contributed by atoms with Crippen LogP contribution in [0.1, 0.15) is 24.5 Å². The number of thioether (sulfide) groups is 1. The van der Waals surface area contributed by atoms with Gasteiger partial charge in [0, 0.05) is 22.6 Å². The standard InChI is InChI=1S/C25H26F3NO4S/c1-3-31-24(30)16-33-23-12-11-22(14-18(23)2)34-17-19(6-4-5-13-29)15-32-21-9-7-20(8-10-21)25(26,27)28/h4-5,7-12,14,19H,3,6,15-17H2,1-2H3/b5-4-. The molecule has 0 saturated carbocycles. The number of esters is 1. The van der Waals surface area contributed by atoms with Crippen LogP contribution in [0.4, 0.5) is 13.2 Å². The number of nitrogens with zero attached hydrogens (tertiary/aromatic N) is 1. The molecular weight excluding hydrogens is 467 g/mol. The zero-order chi connectivity index (χ0) is 25.0. The maximum Gasteiger partial charge on any atom is 0.416 e. The first-order chi connectivity index (χ1) is 16.2. The summed E-state index contributed by atoms with van der Waals surface area (Å²) in [4.78, 5) is 12.5. The van der Waals surface area contributed by atoms with E-state index in [0.717, 1.165) is 22.6 Å². The highest BCUT2D eigenvalue weighted by Gasteiger charge is 2.30. The van der Waals surface area contributed by atoms with Crippen molar-refractivity contribution in [1.29, 1.82) is 5.26 Å². The summed E-state index contributed by atoms with van der Waals surface area (Å²) in [7, 11) is 0. The molecule has 0 aliphatic rings. The molecule has 0 radical (unpaired) electrons. The molecule has 0 bridgehead atoms. The van der Waals surface area contributed by atoms with Crippen LogP contribution in [0.15, 0.2) is 59.5 Å². The fourth-order valence-corrected chi connectivity index (χ4v) is 3.96. The average molecular weight is 494 g/mol. The third-order valence-electron chi connectivity index (χ3n) is 4.61. The number of carbonyl (C=O) groups excluding carboxylic acids is 1. The number of alkyl halides is 3. The minimum Gasteiger partial charge on any atom is -0.493 e. The molecule has 182 valence electrons. The van der Waals surface area contributed by atoms with Crippen molar-refractivity contribution in [2.45, 2.75) is 31.3 Å². The van der Waals surface area contributed by atoms with E-state index in [9.17, 15) is 18.0 Å². The SMILES string of the molecule is CCOC(=O)COc1ccc(SCC(C/C=C\C#N)COc2ccc(C(F)(F)F)cc2)cc1C. The van der Waals surface area contributed by atoms with Crippen LogP contribution in [0, 0.1) is 24.2 Å². The molecule has 0 N–H and O–H groups in total. The van der Waals surface area contributed by atoms with Gasteiger partial charge in [-0.25, -0.2) is 4.79 Å². The molecule has 0 amide bonds. The predicted octanol–water partition coefficient (Wildman–Crippen LogP) is 6.21. The van der Waals surface area contributed by atoms with Gasteiger partial charge in [0.05, 0.1) is 24.8 Å². The van der Waals surface area contributed by atoms with Crippen molar-refractivity contribution in [3.63, 3.8) is 0 Å². The van der Waals surface area contributed by atoms with Gasteiger partial charge >= 0.3 is 12.1 Å². The Morgan fingerprint density at radius 2 is 1.91 bits per heavy atom. The second-order valence-electron chi connectivity index (χ2n) is 7.30. The molecule has 0 aromatic heterocycles. The fourth-order valence-electron chi connectivity index (χ4n) is 2.88. The highest BCUT2D eigenvalue weighted by atomic mass is 32.2. The van der Waals surface area contributed by atoms with Gasteiger partial charge in [-0.15, -0.1) is 11.8 Å². The van der Waals surface area contributed by atoms with Crippen molar-refractivity contribution in [2.24, 2.45) is 5.92 Å². The minimum atomic E-state index is -4.39. The topological polar surface area (TPSA) is 68.5 Å². The van der Waals surface area contributed by atoms with Gasteiger partial charge in [-0.2, -0.15) is 18.4 Å². The molecule has 0 saturated heterocycles. The summed E-state index contributed by atoms with van der Waals surface area (Å²) >= 11 is 1.59. The van der Waals surface area contributed by atoms with Crippen LogP contribution >= 0.6 is 11.8 Å². The van der Waals surface area contributed by atoms with Crippen LogP contribution < -0.4 is 9.47 Å². The Morgan fingerprint density at radius 3 is 2.53 bits per heavy atom. The van der Waals surface area contributed by atoms with E-state index >= 15 is 0 Å². The molecule has 2 aromatic rings. The number of benzene rings is 2. The third-order valence-corrected chi connectivity index (χ3v) is 5.84. The van der Waals surface area contributed by atoms with Crippen LogP contribution in [0.2, 0.25) is 0 Å². The van der Waals surface area contributed by atoms with E-state index in [2.05, 4.69) is 0 Å². The lowest BCUT2D eigenvalue weighted by molar-refractivity contribution is -0.145. The Bertz CT molecular complexity index is 1000. The fraction of sp³-hybridized carbons (Fsp3) is 0.360. The van der Waals surface area contributed by atoms with Crippen LogP contribution in [-0.4, -0.2) is 31.5 Å². The van der Waals surface area contributed by atoms with E-state index in [0.29, 0.717) is 30.3 Å². The number of allylic oxidation sites excluding steroid dienone is 2. The van der Waals surface area contributed by atoms with Crippen molar-refractivity contribution in [3.05, 3.63) is 65.7 Å². The molecule has 2 rings (SSSR count). The lowest BCUT2D eigenvalue weighted by Crippen LogP contribution is -2.15. The summed E-state index contributed by atoms with van der Waals surface area (Å²) in [5, 5.41) is 8.75. The van der Waals surface area contributed by atoms with Crippen molar-refractivity contribution in [2.75, 3.05) is 25.6 Å². The van der Waals surface area contributed by atoms with Crippen LogP contribution in [0.5, 0.6) is 11.5 Å². The summed E-state index contributed by atoms with van der Waals surface area (Å²) in [5.41, 5.74) is 0.144. The van der Waals surface area contributed by atoms with Gasteiger partial charge in [0.2, 0.25) is 0 Å². The Morgan fingerprint density at radius 1 is 1.18 bits per heavy atom.